The summed E-state index contributed by atoms with van der Waals surface area (Å²) in [5.41, 5.74) is 7.41. The van der Waals surface area contributed by atoms with E-state index in [1.165, 1.54) is 24.3 Å². The van der Waals surface area contributed by atoms with Gasteiger partial charge < -0.3 is 11.1 Å². The third-order valence-electron chi connectivity index (χ3n) is 2.39. The molecule has 0 aliphatic heterocycles. The lowest BCUT2D eigenvalue weighted by molar-refractivity contribution is 0.626. The highest BCUT2D eigenvalue weighted by Crippen LogP contribution is 2.19. The van der Waals surface area contributed by atoms with Crippen molar-refractivity contribution >= 4 is 11.4 Å². The van der Waals surface area contributed by atoms with Crippen molar-refractivity contribution in [3.05, 3.63) is 59.7 Å². The van der Waals surface area contributed by atoms with E-state index in [0.29, 0.717) is 17.9 Å². The second-order valence-corrected chi connectivity index (χ2v) is 3.72. The van der Waals surface area contributed by atoms with Crippen molar-refractivity contribution in [2.75, 3.05) is 11.1 Å². The summed E-state index contributed by atoms with van der Waals surface area (Å²) < 4.78 is 25.7. The zero-order valence-electron chi connectivity index (χ0n) is 9.08. The first-order chi connectivity index (χ1) is 8.15. The molecule has 4 heteroatoms. The zero-order chi connectivity index (χ0) is 12.3. The van der Waals surface area contributed by atoms with E-state index in [-0.39, 0.29) is 11.6 Å². The second kappa shape index (κ2) is 4.82. The number of rotatable bonds is 3. The van der Waals surface area contributed by atoms with Gasteiger partial charge in [-0.15, -0.1) is 0 Å². The molecular weight excluding hydrogens is 222 g/mol. The molecule has 88 valence electrons. The van der Waals surface area contributed by atoms with Gasteiger partial charge in [0.15, 0.2) is 0 Å². The van der Waals surface area contributed by atoms with Crippen LogP contribution in [-0.4, -0.2) is 0 Å². The first-order valence-corrected chi connectivity index (χ1v) is 5.18. The highest BCUT2D eigenvalue weighted by molar-refractivity contribution is 5.65. The van der Waals surface area contributed by atoms with Crippen LogP contribution >= 0.6 is 0 Å². The molecular formula is C13H12F2N2. The van der Waals surface area contributed by atoms with E-state index < -0.39 is 0 Å². The molecule has 0 atom stereocenters. The fourth-order valence-corrected chi connectivity index (χ4v) is 1.54. The molecule has 0 aliphatic carbocycles. The van der Waals surface area contributed by atoms with Crippen LogP contribution < -0.4 is 11.1 Å². The van der Waals surface area contributed by atoms with Crippen LogP contribution in [0.25, 0.3) is 0 Å². The van der Waals surface area contributed by atoms with E-state index in [0.717, 1.165) is 5.56 Å². The molecule has 2 aromatic rings. The molecule has 0 amide bonds. The number of hydrogen-bond acceptors (Lipinski definition) is 2. The molecule has 0 heterocycles. The predicted molar refractivity (Wildman–Crippen MR) is 64.5 cm³/mol. The van der Waals surface area contributed by atoms with E-state index in [4.69, 9.17) is 5.73 Å². The van der Waals surface area contributed by atoms with Crippen LogP contribution in [0.5, 0.6) is 0 Å². The third-order valence-corrected chi connectivity index (χ3v) is 2.39. The highest BCUT2D eigenvalue weighted by Gasteiger charge is 2.01. The topological polar surface area (TPSA) is 38.0 Å². The smallest absolute Gasteiger partial charge is 0.125 e. The lowest BCUT2D eigenvalue weighted by Crippen LogP contribution is -2.02. The SMILES string of the molecule is Nc1cc(F)ccc1NCc1cccc(F)c1. The number of hydrogen-bond donors (Lipinski definition) is 2. The summed E-state index contributed by atoms with van der Waals surface area (Å²) in [6.45, 7) is 0.438. The van der Waals surface area contributed by atoms with Gasteiger partial charge in [-0.2, -0.15) is 0 Å². The number of anilines is 2. The molecule has 0 saturated carbocycles. The van der Waals surface area contributed by atoms with Gasteiger partial charge in [0.05, 0.1) is 11.4 Å². The molecule has 0 radical (unpaired) electrons. The minimum absolute atomic E-state index is 0.281. The largest absolute Gasteiger partial charge is 0.397 e. The minimum atomic E-state index is -0.376. The van der Waals surface area contributed by atoms with Gasteiger partial charge in [-0.1, -0.05) is 12.1 Å². The molecule has 0 saturated heterocycles. The van der Waals surface area contributed by atoms with Crippen LogP contribution in [-0.2, 0) is 6.54 Å². The fourth-order valence-electron chi connectivity index (χ4n) is 1.54. The van der Waals surface area contributed by atoms with Gasteiger partial charge in [-0.05, 0) is 35.9 Å². The van der Waals surface area contributed by atoms with E-state index in [1.807, 2.05) is 0 Å². The summed E-state index contributed by atoms with van der Waals surface area (Å²) in [4.78, 5) is 0. The van der Waals surface area contributed by atoms with E-state index in [2.05, 4.69) is 5.32 Å². The average Bonchev–Trinajstić information content (AvgIpc) is 2.28. The van der Waals surface area contributed by atoms with Crippen molar-refractivity contribution in [1.82, 2.24) is 0 Å². The van der Waals surface area contributed by atoms with Gasteiger partial charge in [-0.3, -0.25) is 0 Å². The summed E-state index contributed by atoms with van der Waals surface area (Å²) >= 11 is 0. The van der Waals surface area contributed by atoms with Crippen LogP contribution in [0.2, 0.25) is 0 Å². The standard InChI is InChI=1S/C13H12F2N2/c14-10-3-1-2-9(6-10)8-17-13-5-4-11(15)7-12(13)16/h1-7,17H,8,16H2. The number of halogens is 2. The van der Waals surface area contributed by atoms with Crippen molar-refractivity contribution in [2.24, 2.45) is 0 Å². The third kappa shape index (κ3) is 2.93. The lowest BCUT2D eigenvalue weighted by Gasteiger charge is -2.09. The molecule has 2 rings (SSSR count). The molecule has 2 nitrogen and oxygen atoms in total. The summed E-state index contributed by atoms with van der Waals surface area (Å²) in [7, 11) is 0. The average molecular weight is 234 g/mol. The van der Waals surface area contributed by atoms with Crippen molar-refractivity contribution in [2.45, 2.75) is 6.54 Å². The number of nitrogens with two attached hydrogens (primary N) is 1. The Morgan fingerprint density at radius 2 is 1.76 bits per heavy atom. The normalized spacial score (nSPS) is 10.2. The zero-order valence-corrected chi connectivity index (χ0v) is 9.08. The Balaban J connectivity index is 2.07. The first-order valence-electron chi connectivity index (χ1n) is 5.18. The maximum absolute atomic E-state index is 12.9. The van der Waals surface area contributed by atoms with Gasteiger partial charge in [0, 0.05) is 6.54 Å². The molecule has 0 fully saturated rings. The Kier molecular flexibility index (Phi) is 3.23. The molecule has 3 N–H and O–H groups in total. The number of benzene rings is 2. The Morgan fingerprint density at radius 3 is 2.47 bits per heavy atom. The Hall–Kier alpha value is -2.10. The fraction of sp³-hybridized carbons (Fsp3) is 0.0769. The Labute approximate surface area is 98.1 Å². The van der Waals surface area contributed by atoms with Gasteiger partial charge >= 0.3 is 0 Å². The Morgan fingerprint density at radius 1 is 1.00 bits per heavy atom. The molecule has 17 heavy (non-hydrogen) atoms. The second-order valence-electron chi connectivity index (χ2n) is 3.72. The van der Waals surface area contributed by atoms with Crippen LogP contribution in [0.4, 0.5) is 20.2 Å². The van der Waals surface area contributed by atoms with Crippen molar-refractivity contribution < 1.29 is 8.78 Å². The molecule has 0 bridgehead atoms. The summed E-state index contributed by atoms with van der Waals surface area (Å²) in [6, 6.07) is 10.4. The van der Waals surface area contributed by atoms with E-state index in [1.54, 1.807) is 18.2 Å². The van der Waals surface area contributed by atoms with Crippen LogP contribution in [0.1, 0.15) is 5.56 Å². The van der Waals surface area contributed by atoms with Gasteiger partial charge in [0.25, 0.3) is 0 Å². The number of nitrogens with one attached hydrogen (secondary N) is 1. The van der Waals surface area contributed by atoms with Gasteiger partial charge in [-0.25, -0.2) is 8.78 Å². The minimum Gasteiger partial charge on any atom is -0.397 e. The van der Waals surface area contributed by atoms with Crippen molar-refractivity contribution in [1.29, 1.82) is 0 Å². The lowest BCUT2D eigenvalue weighted by atomic mass is 10.2. The Bertz CT molecular complexity index is 527. The van der Waals surface area contributed by atoms with Crippen LogP contribution in [0, 0.1) is 11.6 Å². The monoisotopic (exact) mass is 234 g/mol. The van der Waals surface area contributed by atoms with Crippen molar-refractivity contribution in [3.63, 3.8) is 0 Å². The molecule has 0 unspecified atom stereocenters. The van der Waals surface area contributed by atoms with E-state index >= 15 is 0 Å². The molecule has 0 aromatic heterocycles. The summed E-state index contributed by atoms with van der Waals surface area (Å²) in [5.74, 6) is -0.657. The predicted octanol–water partition coefficient (Wildman–Crippen LogP) is 3.16. The van der Waals surface area contributed by atoms with Gasteiger partial charge in [0.1, 0.15) is 11.6 Å². The van der Waals surface area contributed by atoms with Crippen LogP contribution in [0.15, 0.2) is 42.5 Å². The quantitative estimate of drug-likeness (QED) is 0.800. The molecule has 0 aliphatic rings. The summed E-state index contributed by atoms with van der Waals surface area (Å²) in [5, 5.41) is 3.03. The van der Waals surface area contributed by atoms with Crippen molar-refractivity contribution in [3.8, 4) is 0 Å². The van der Waals surface area contributed by atoms with Gasteiger partial charge in [0.2, 0.25) is 0 Å². The number of nitrogen functional groups attached to an aromatic ring is 1. The molecule has 0 spiro atoms. The molecule has 2 aromatic carbocycles. The van der Waals surface area contributed by atoms with Crippen LogP contribution in [0.3, 0.4) is 0 Å². The maximum Gasteiger partial charge on any atom is 0.125 e. The highest BCUT2D eigenvalue weighted by atomic mass is 19.1. The van der Waals surface area contributed by atoms with E-state index in [9.17, 15) is 8.78 Å². The maximum atomic E-state index is 12.9. The summed E-state index contributed by atoms with van der Waals surface area (Å²) in [6.07, 6.45) is 0. The first kappa shape index (κ1) is 11.4.